The van der Waals surface area contributed by atoms with Gasteiger partial charge in [0.15, 0.2) is 5.82 Å². The van der Waals surface area contributed by atoms with Crippen LogP contribution in [0.15, 0.2) is 21.5 Å². The minimum atomic E-state index is -4.08. The molecule has 21 heavy (non-hydrogen) atoms. The maximum Gasteiger partial charge on any atom is 0.338 e. The van der Waals surface area contributed by atoms with Crippen molar-refractivity contribution in [3.63, 3.8) is 0 Å². The SMILES string of the molecule is O=C(O)c1cc(Br)cc(S(=O)(=O)NCC2CCSC2)c1F. The molecule has 9 heteroatoms. The Labute approximate surface area is 134 Å². The fourth-order valence-corrected chi connectivity index (χ4v) is 5.10. The number of carboxylic acids is 1. The van der Waals surface area contributed by atoms with Crippen LogP contribution >= 0.6 is 27.7 Å². The molecule has 0 saturated carbocycles. The van der Waals surface area contributed by atoms with Crippen molar-refractivity contribution in [3.05, 3.63) is 28.0 Å². The monoisotopic (exact) mass is 397 g/mol. The Morgan fingerprint density at radius 2 is 2.24 bits per heavy atom. The van der Waals surface area contributed by atoms with Crippen LogP contribution in [-0.2, 0) is 10.0 Å². The van der Waals surface area contributed by atoms with Gasteiger partial charge < -0.3 is 5.11 Å². The van der Waals surface area contributed by atoms with Gasteiger partial charge in [-0.25, -0.2) is 22.3 Å². The summed E-state index contributed by atoms with van der Waals surface area (Å²) >= 11 is 4.75. The van der Waals surface area contributed by atoms with E-state index in [1.807, 2.05) is 0 Å². The van der Waals surface area contributed by atoms with E-state index in [0.29, 0.717) is 0 Å². The molecular formula is C12H13BrFNO4S2. The highest BCUT2D eigenvalue weighted by atomic mass is 79.9. The van der Waals surface area contributed by atoms with E-state index in [1.165, 1.54) is 0 Å². The molecule has 1 heterocycles. The van der Waals surface area contributed by atoms with Crippen molar-refractivity contribution in [1.82, 2.24) is 4.72 Å². The highest BCUT2D eigenvalue weighted by Crippen LogP contribution is 2.26. The summed E-state index contributed by atoms with van der Waals surface area (Å²) in [6, 6.07) is 2.10. The minimum Gasteiger partial charge on any atom is -0.478 e. The zero-order chi connectivity index (χ0) is 15.6. The molecule has 1 aromatic rings. The summed E-state index contributed by atoms with van der Waals surface area (Å²) in [6.07, 6.45) is 0.911. The third-order valence-corrected chi connectivity index (χ3v) is 6.22. The van der Waals surface area contributed by atoms with E-state index < -0.39 is 32.3 Å². The minimum absolute atomic E-state index is 0.193. The van der Waals surface area contributed by atoms with Gasteiger partial charge in [-0.05, 0) is 36.0 Å². The summed E-state index contributed by atoms with van der Waals surface area (Å²) < 4.78 is 41.0. The predicted molar refractivity (Wildman–Crippen MR) is 81.7 cm³/mol. The zero-order valence-electron chi connectivity index (χ0n) is 10.8. The van der Waals surface area contributed by atoms with Crippen LogP contribution in [0, 0.1) is 11.7 Å². The van der Waals surface area contributed by atoms with E-state index in [4.69, 9.17) is 5.11 Å². The zero-order valence-corrected chi connectivity index (χ0v) is 14.0. The van der Waals surface area contributed by atoms with Crippen molar-refractivity contribution >= 4 is 43.7 Å². The first-order valence-electron chi connectivity index (χ1n) is 6.11. The van der Waals surface area contributed by atoms with Crippen LogP contribution in [0.2, 0.25) is 0 Å². The molecule has 2 N–H and O–H groups in total. The van der Waals surface area contributed by atoms with Gasteiger partial charge >= 0.3 is 5.97 Å². The third kappa shape index (κ3) is 3.97. The van der Waals surface area contributed by atoms with Crippen molar-refractivity contribution in [3.8, 4) is 0 Å². The van der Waals surface area contributed by atoms with Crippen molar-refractivity contribution < 1.29 is 22.7 Å². The lowest BCUT2D eigenvalue weighted by Crippen LogP contribution is -2.30. The quantitative estimate of drug-likeness (QED) is 0.796. The van der Waals surface area contributed by atoms with Crippen LogP contribution in [0.1, 0.15) is 16.8 Å². The molecule has 1 aliphatic rings. The Bertz CT molecular complexity index is 659. The Morgan fingerprint density at radius 1 is 1.52 bits per heavy atom. The van der Waals surface area contributed by atoms with Crippen LogP contribution < -0.4 is 4.72 Å². The van der Waals surface area contributed by atoms with Crippen LogP contribution in [-0.4, -0.2) is 37.5 Å². The number of thioether (sulfide) groups is 1. The fraction of sp³-hybridized carbons (Fsp3) is 0.417. The second kappa shape index (κ2) is 6.64. The van der Waals surface area contributed by atoms with E-state index in [2.05, 4.69) is 20.7 Å². The molecule has 0 amide bonds. The third-order valence-electron chi connectivity index (χ3n) is 3.11. The molecule has 2 rings (SSSR count). The molecule has 1 fully saturated rings. The smallest absolute Gasteiger partial charge is 0.338 e. The topological polar surface area (TPSA) is 83.5 Å². The van der Waals surface area contributed by atoms with Gasteiger partial charge in [0.25, 0.3) is 0 Å². The summed E-state index contributed by atoms with van der Waals surface area (Å²) in [5.41, 5.74) is -0.679. The Morgan fingerprint density at radius 3 is 2.81 bits per heavy atom. The number of sulfonamides is 1. The van der Waals surface area contributed by atoms with Crippen LogP contribution in [0.3, 0.4) is 0 Å². The van der Waals surface area contributed by atoms with Crippen LogP contribution in [0.5, 0.6) is 0 Å². The van der Waals surface area contributed by atoms with Gasteiger partial charge in [0, 0.05) is 11.0 Å². The second-order valence-corrected chi connectivity index (χ2v) is 8.45. The van der Waals surface area contributed by atoms with Gasteiger partial charge in [0.2, 0.25) is 10.0 Å². The number of halogens is 2. The highest BCUT2D eigenvalue weighted by Gasteiger charge is 2.26. The molecule has 1 aliphatic heterocycles. The lowest BCUT2D eigenvalue weighted by atomic mass is 10.1. The summed E-state index contributed by atoms with van der Waals surface area (Å²) in [5.74, 6) is -0.694. The van der Waals surface area contributed by atoms with E-state index >= 15 is 0 Å². The summed E-state index contributed by atoms with van der Waals surface area (Å²) in [5, 5.41) is 8.90. The summed E-state index contributed by atoms with van der Waals surface area (Å²) in [4.78, 5) is 10.3. The first-order chi connectivity index (χ1) is 9.81. The number of benzene rings is 1. The molecule has 0 bridgehead atoms. The van der Waals surface area contributed by atoms with Gasteiger partial charge in [0.05, 0.1) is 5.56 Å². The van der Waals surface area contributed by atoms with Gasteiger partial charge in [0.1, 0.15) is 4.90 Å². The predicted octanol–water partition coefficient (Wildman–Crippen LogP) is 2.32. The molecule has 1 aromatic carbocycles. The van der Waals surface area contributed by atoms with Crippen molar-refractivity contribution in [1.29, 1.82) is 0 Å². The number of rotatable bonds is 5. The van der Waals surface area contributed by atoms with Crippen molar-refractivity contribution in [2.75, 3.05) is 18.1 Å². The molecule has 0 spiro atoms. The standard InChI is InChI=1S/C12H13BrFNO4S2/c13-8-3-9(12(16)17)11(14)10(4-8)21(18,19)15-5-7-1-2-20-6-7/h3-4,7,15H,1-2,5-6H2,(H,16,17). The van der Waals surface area contributed by atoms with Crippen molar-refractivity contribution in [2.24, 2.45) is 5.92 Å². The van der Waals surface area contributed by atoms with Crippen LogP contribution in [0.25, 0.3) is 0 Å². The Hall–Kier alpha value is -0.640. The van der Waals surface area contributed by atoms with Gasteiger partial charge in [-0.3, -0.25) is 0 Å². The van der Waals surface area contributed by atoms with Gasteiger partial charge in [-0.1, -0.05) is 15.9 Å². The number of nitrogens with one attached hydrogen (secondary N) is 1. The molecule has 0 radical (unpaired) electrons. The lowest BCUT2D eigenvalue weighted by molar-refractivity contribution is 0.0691. The first kappa shape index (κ1) is 16.7. The normalized spacial score (nSPS) is 18.9. The highest BCUT2D eigenvalue weighted by molar-refractivity contribution is 9.10. The Kier molecular flexibility index (Phi) is 5.29. The first-order valence-corrected chi connectivity index (χ1v) is 9.54. The van der Waals surface area contributed by atoms with Gasteiger partial charge in [-0.15, -0.1) is 0 Å². The molecule has 0 aliphatic carbocycles. The molecule has 5 nitrogen and oxygen atoms in total. The van der Waals surface area contributed by atoms with E-state index in [0.717, 1.165) is 30.1 Å². The average Bonchev–Trinajstić information content (AvgIpc) is 2.91. The number of aromatic carboxylic acids is 1. The maximum atomic E-state index is 14.1. The summed E-state index contributed by atoms with van der Waals surface area (Å²) in [6.45, 7) is 0.226. The van der Waals surface area contributed by atoms with E-state index in [-0.39, 0.29) is 16.9 Å². The summed E-state index contributed by atoms with van der Waals surface area (Å²) in [7, 11) is -4.08. The van der Waals surface area contributed by atoms with Crippen molar-refractivity contribution in [2.45, 2.75) is 11.3 Å². The number of hydrogen-bond acceptors (Lipinski definition) is 4. The molecule has 1 saturated heterocycles. The lowest BCUT2D eigenvalue weighted by Gasteiger charge is -2.12. The Balaban J connectivity index is 2.28. The molecule has 1 atom stereocenters. The largest absolute Gasteiger partial charge is 0.478 e. The molecule has 0 aromatic heterocycles. The maximum absolute atomic E-state index is 14.1. The number of carbonyl (C=O) groups is 1. The fourth-order valence-electron chi connectivity index (χ4n) is 1.97. The van der Waals surface area contributed by atoms with Gasteiger partial charge in [-0.2, -0.15) is 11.8 Å². The molecule has 116 valence electrons. The average molecular weight is 398 g/mol. The van der Waals surface area contributed by atoms with E-state index in [9.17, 15) is 17.6 Å². The second-order valence-electron chi connectivity index (χ2n) is 4.65. The van der Waals surface area contributed by atoms with E-state index in [1.54, 1.807) is 11.8 Å². The molecule has 1 unspecified atom stereocenters. The molecular weight excluding hydrogens is 385 g/mol. The number of hydrogen-bond donors (Lipinski definition) is 2. The number of carboxylic acid groups (broad SMARTS) is 1. The van der Waals surface area contributed by atoms with Crippen LogP contribution in [0.4, 0.5) is 4.39 Å².